The molecule has 2 fully saturated rings. The fraction of sp³-hybridized carbons (Fsp3) is 0.407. The van der Waals surface area contributed by atoms with E-state index in [1.54, 1.807) is 6.26 Å². The van der Waals surface area contributed by atoms with Crippen LogP contribution in [-0.4, -0.2) is 50.7 Å². The van der Waals surface area contributed by atoms with Gasteiger partial charge in [0.2, 0.25) is 0 Å². The van der Waals surface area contributed by atoms with Crippen LogP contribution in [0.2, 0.25) is 0 Å². The summed E-state index contributed by atoms with van der Waals surface area (Å²) < 4.78 is 16.1. The largest absolute Gasteiger partial charge is 0.379 e. The Morgan fingerprint density at radius 3 is 2.83 bits per heavy atom. The summed E-state index contributed by atoms with van der Waals surface area (Å²) in [5.41, 5.74) is 4.64. The Morgan fingerprint density at radius 1 is 1.06 bits per heavy atom. The number of pyridine rings is 2. The van der Waals surface area contributed by atoms with Crippen molar-refractivity contribution in [2.45, 2.75) is 37.4 Å². The Bertz CT molecular complexity index is 1370. The van der Waals surface area contributed by atoms with Gasteiger partial charge >= 0.3 is 0 Å². The molecule has 0 bridgehead atoms. The molecule has 0 N–H and O–H groups in total. The summed E-state index contributed by atoms with van der Waals surface area (Å²) in [5, 5.41) is 6.59. The second kappa shape index (κ2) is 9.06. The summed E-state index contributed by atoms with van der Waals surface area (Å²) in [7, 11) is 0. The third kappa shape index (κ3) is 3.41. The molecule has 4 aromatic rings. The van der Waals surface area contributed by atoms with E-state index in [1.807, 2.05) is 24.4 Å². The van der Waals surface area contributed by atoms with E-state index in [4.69, 9.17) is 18.6 Å². The van der Waals surface area contributed by atoms with Gasteiger partial charge in [-0.3, -0.25) is 9.88 Å². The molecule has 8 nitrogen and oxygen atoms in total. The highest BCUT2D eigenvalue weighted by atomic mass is 32.1. The number of anilines is 1. The lowest BCUT2D eigenvalue weighted by Gasteiger charge is -2.60. The number of piperidine rings is 1. The third-order valence-electron chi connectivity index (χ3n) is 7.88. The van der Waals surface area contributed by atoms with Crippen molar-refractivity contribution in [3.63, 3.8) is 0 Å². The molecular formula is C27H28N6O2S. The maximum absolute atomic E-state index is 5.85. The van der Waals surface area contributed by atoms with Crippen molar-refractivity contribution in [3.05, 3.63) is 77.3 Å². The van der Waals surface area contributed by atoms with E-state index in [1.165, 1.54) is 29.9 Å². The molecular weight excluding hydrogens is 472 g/mol. The molecule has 0 spiro atoms. The van der Waals surface area contributed by atoms with Gasteiger partial charge in [-0.2, -0.15) is 4.37 Å². The van der Waals surface area contributed by atoms with Crippen LogP contribution in [0.25, 0.3) is 11.0 Å². The van der Waals surface area contributed by atoms with Crippen LogP contribution in [0, 0.1) is 5.92 Å². The van der Waals surface area contributed by atoms with Crippen LogP contribution in [0.1, 0.15) is 43.1 Å². The standard InChI is InChI=1S/C27H28N6O2S/c1-2-5-20-19(4-1)18-24(23-10-17-36-31-23)33(26-9-14-35-30-26)27(20,32-12-15-34-16-13-32)25-8-7-21-22(29-25)6-3-11-28-21/h3,5-11,14,17,19,24H,1-2,4,12-13,15-16,18H2. The Labute approximate surface area is 213 Å². The average Bonchev–Trinajstić information content (AvgIpc) is 3.67. The molecule has 36 heavy (non-hydrogen) atoms. The molecule has 7 rings (SSSR count). The van der Waals surface area contributed by atoms with E-state index in [2.05, 4.69) is 49.6 Å². The maximum Gasteiger partial charge on any atom is 0.174 e. The summed E-state index contributed by atoms with van der Waals surface area (Å²) in [6.07, 6.45) is 10.4. The summed E-state index contributed by atoms with van der Waals surface area (Å²) in [6, 6.07) is 12.4. The van der Waals surface area contributed by atoms with Crippen LogP contribution in [-0.2, 0) is 10.4 Å². The minimum absolute atomic E-state index is 0.0378. The summed E-state index contributed by atoms with van der Waals surface area (Å²) in [5.74, 6) is 1.24. The van der Waals surface area contributed by atoms with Crippen molar-refractivity contribution in [1.82, 2.24) is 24.4 Å². The fourth-order valence-corrected chi connectivity index (χ4v) is 7.03. The first kappa shape index (κ1) is 22.1. The number of morpholine rings is 1. The van der Waals surface area contributed by atoms with Crippen LogP contribution >= 0.6 is 11.5 Å². The minimum atomic E-state index is -0.637. The lowest BCUT2D eigenvalue weighted by molar-refractivity contribution is -0.0295. The lowest BCUT2D eigenvalue weighted by Crippen LogP contribution is -2.66. The van der Waals surface area contributed by atoms with Gasteiger partial charge in [0, 0.05) is 30.7 Å². The monoisotopic (exact) mass is 500 g/mol. The first-order chi connectivity index (χ1) is 17.9. The molecule has 4 aromatic heterocycles. The van der Waals surface area contributed by atoms with E-state index in [0.717, 1.165) is 54.2 Å². The Hall–Kier alpha value is -3.14. The quantitative estimate of drug-likeness (QED) is 0.365. The Morgan fingerprint density at radius 2 is 2.00 bits per heavy atom. The molecule has 0 amide bonds. The second-order valence-corrected chi connectivity index (χ2v) is 10.4. The van der Waals surface area contributed by atoms with Gasteiger partial charge in [-0.15, -0.1) is 0 Å². The molecule has 0 radical (unpaired) electrons. The van der Waals surface area contributed by atoms with Gasteiger partial charge in [0.25, 0.3) is 0 Å². The smallest absolute Gasteiger partial charge is 0.174 e. The summed E-state index contributed by atoms with van der Waals surface area (Å²) in [6.45, 7) is 2.97. The van der Waals surface area contributed by atoms with E-state index in [0.29, 0.717) is 19.1 Å². The molecule has 2 saturated heterocycles. The van der Waals surface area contributed by atoms with E-state index in [-0.39, 0.29) is 6.04 Å². The SMILES string of the molecule is C1=C2C(CCC1)CC(c1ccsn1)N(c1ccon1)C2(c1ccc2ncccc2n1)N1CCOCC1. The molecule has 1 aliphatic carbocycles. The number of allylic oxidation sites excluding steroid dienone is 1. The zero-order valence-electron chi connectivity index (χ0n) is 20.0. The number of ether oxygens (including phenoxy) is 1. The van der Waals surface area contributed by atoms with Gasteiger partial charge < -0.3 is 14.2 Å². The normalized spacial score (nSPS) is 27.1. The van der Waals surface area contributed by atoms with Crippen molar-refractivity contribution in [2.24, 2.45) is 5.92 Å². The number of nitrogens with zero attached hydrogens (tertiary/aromatic N) is 6. The molecule has 0 saturated carbocycles. The van der Waals surface area contributed by atoms with Crippen molar-refractivity contribution < 1.29 is 9.26 Å². The zero-order chi connectivity index (χ0) is 24.0. The number of aromatic nitrogens is 4. The van der Waals surface area contributed by atoms with Crippen LogP contribution in [0.5, 0.6) is 0 Å². The van der Waals surface area contributed by atoms with Crippen molar-refractivity contribution in [1.29, 1.82) is 0 Å². The first-order valence-electron chi connectivity index (χ1n) is 12.7. The van der Waals surface area contributed by atoms with Gasteiger partial charge in [-0.25, -0.2) is 4.98 Å². The van der Waals surface area contributed by atoms with Gasteiger partial charge in [-0.1, -0.05) is 11.2 Å². The van der Waals surface area contributed by atoms with E-state index in [9.17, 15) is 0 Å². The summed E-state index contributed by atoms with van der Waals surface area (Å²) in [4.78, 5) is 14.9. The molecule has 3 atom stereocenters. The predicted octanol–water partition coefficient (Wildman–Crippen LogP) is 4.94. The fourth-order valence-electron chi connectivity index (χ4n) is 6.46. The van der Waals surface area contributed by atoms with Crippen LogP contribution in [0.3, 0.4) is 0 Å². The molecule has 2 aliphatic heterocycles. The molecule has 9 heteroatoms. The minimum Gasteiger partial charge on any atom is -0.379 e. The van der Waals surface area contributed by atoms with Gasteiger partial charge in [0.15, 0.2) is 11.5 Å². The number of hydrogen-bond donors (Lipinski definition) is 0. The molecule has 0 aromatic carbocycles. The highest BCUT2D eigenvalue weighted by molar-refractivity contribution is 7.03. The van der Waals surface area contributed by atoms with E-state index >= 15 is 0 Å². The molecule has 3 unspecified atom stereocenters. The highest BCUT2D eigenvalue weighted by Crippen LogP contribution is 2.56. The topological polar surface area (TPSA) is 80.4 Å². The Kier molecular flexibility index (Phi) is 5.56. The number of fused-ring (bicyclic) bond motifs is 2. The van der Waals surface area contributed by atoms with E-state index < -0.39 is 5.66 Å². The zero-order valence-corrected chi connectivity index (χ0v) is 20.8. The third-order valence-corrected chi connectivity index (χ3v) is 8.46. The van der Waals surface area contributed by atoms with Crippen molar-refractivity contribution >= 4 is 28.4 Å². The van der Waals surface area contributed by atoms with Crippen LogP contribution in [0.15, 0.2) is 70.4 Å². The number of hydrogen-bond acceptors (Lipinski definition) is 9. The van der Waals surface area contributed by atoms with Crippen LogP contribution < -0.4 is 4.90 Å². The summed E-state index contributed by atoms with van der Waals surface area (Å²) >= 11 is 1.50. The van der Waals surface area contributed by atoms with Crippen LogP contribution in [0.4, 0.5) is 5.82 Å². The first-order valence-corrected chi connectivity index (χ1v) is 13.5. The highest BCUT2D eigenvalue weighted by Gasteiger charge is 2.57. The van der Waals surface area contributed by atoms with Crippen molar-refractivity contribution in [3.8, 4) is 0 Å². The van der Waals surface area contributed by atoms with Gasteiger partial charge in [0.05, 0.1) is 41.7 Å². The lowest BCUT2D eigenvalue weighted by atomic mass is 9.69. The molecule has 184 valence electrons. The second-order valence-electron chi connectivity index (χ2n) is 9.70. The predicted molar refractivity (Wildman–Crippen MR) is 137 cm³/mol. The van der Waals surface area contributed by atoms with Gasteiger partial charge in [-0.05, 0) is 79.0 Å². The number of rotatable bonds is 4. The average molecular weight is 501 g/mol. The van der Waals surface area contributed by atoms with Crippen molar-refractivity contribution in [2.75, 3.05) is 31.2 Å². The van der Waals surface area contributed by atoms with Gasteiger partial charge in [0.1, 0.15) is 6.26 Å². The molecule has 6 heterocycles. The molecule has 3 aliphatic rings. The maximum atomic E-state index is 5.85. The Balaban J connectivity index is 1.55.